The van der Waals surface area contributed by atoms with Gasteiger partial charge in [-0.15, -0.1) is 0 Å². The van der Waals surface area contributed by atoms with Crippen molar-refractivity contribution < 1.29 is 19.4 Å². The lowest BCUT2D eigenvalue weighted by atomic mass is 9.98. The van der Waals surface area contributed by atoms with E-state index in [-0.39, 0.29) is 36.6 Å². The molecule has 0 fully saturated rings. The first kappa shape index (κ1) is 23.1. The van der Waals surface area contributed by atoms with E-state index in [1.54, 1.807) is 32.2 Å². The molecule has 0 spiro atoms. The van der Waals surface area contributed by atoms with Gasteiger partial charge in [-0.1, -0.05) is 20.3 Å². The number of amides is 1. The number of nitrogens with zero attached hydrogens (tertiary/aromatic N) is 3. The number of rotatable bonds is 8. The summed E-state index contributed by atoms with van der Waals surface area (Å²) in [4.78, 5) is 39.7. The number of aromatic nitrogens is 2. The van der Waals surface area contributed by atoms with E-state index in [1.165, 1.54) is 12.1 Å². The zero-order valence-electron chi connectivity index (χ0n) is 18.7. The van der Waals surface area contributed by atoms with E-state index >= 15 is 0 Å². The Labute approximate surface area is 185 Å². The highest BCUT2D eigenvalue weighted by molar-refractivity contribution is 6.04. The maximum atomic E-state index is 12.7. The maximum Gasteiger partial charge on any atom is 0.331 e. The van der Waals surface area contributed by atoms with E-state index in [1.807, 2.05) is 6.92 Å². The number of carbonyl (C=O) groups is 1. The molecule has 1 aliphatic heterocycles. The lowest BCUT2D eigenvalue weighted by molar-refractivity contribution is -0.132. The molecule has 32 heavy (non-hydrogen) atoms. The smallest absolute Gasteiger partial charge is 0.331 e. The third-order valence-electron chi connectivity index (χ3n) is 5.46. The number of carbonyl (C=O) groups excluding carboxylic acids is 1. The Morgan fingerprint density at radius 1 is 1.25 bits per heavy atom. The van der Waals surface area contributed by atoms with Crippen molar-refractivity contribution >= 4 is 11.6 Å². The highest BCUT2D eigenvalue weighted by atomic mass is 16.5. The van der Waals surface area contributed by atoms with Gasteiger partial charge in [0, 0.05) is 31.0 Å². The van der Waals surface area contributed by atoms with Crippen LogP contribution in [-0.2, 0) is 11.3 Å². The van der Waals surface area contributed by atoms with Crippen LogP contribution in [0.2, 0.25) is 0 Å². The second-order valence-corrected chi connectivity index (χ2v) is 7.43. The highest BCUT2D eigenvalue weighted by Crippen LogP contribution is 2.39. The van der Waals surface area contributed by atoms with Crippen molar-refractivity contribution in [3.8, 4) is 17.4 Å². The number of methoxy groups -OCH3 is 2. The second kappa shape index (κ2) is 9.71. The first-order valence-corrected chi connectivity index (χ1v) is 10.5. The predicted octanol–water partition coefficient (Wildman–Crippen LogP) is 2.15. The van der Waals surface area contributed by atoms with Crippen molar-refractivity contribution in [2.75, 3.05) is 14.2 Å². The summed E-state index contributed by atoms with van der Waals surface area (Å²) >= 11 is 0. The van der Waals surface area contributed by atoms with Crippen LogP contribution in [0, 0.1) is 0 Å². The van der Waals surface area contributed by atoms with Crippen LogP contribution in [0.25, 0.3) is 0 Å². The molecule has 2 aromatic rings. The third-order valence-corrected chi connectivity index (χ3v) is 5.46. The zero-order valence-corrected chi connectivity index (χ0v) is 18.7. The van der Waals surface area contributed by atoms with Gasteiger partial charge in [0.25, 0.3) is 5.56 Å². The lowest BCUT2D eigenvalue weighted by Gasteiger charge is -2.23. The number of nitrogens with one attached hydrogen (secondary N) is 1. The summed E-state index contributed by atoms with van der Waals surface area (Å²) in [7, 11) is 3.06. The van der Waals surface area contributed by atoms with Gasteiger partial charge in [-0.3, -0.25) is 19.1 Å². The average Bonchev–Trinajstić information content (AvgIpc) is 3.22. The molecular formula is C22H28N4O6. The Balaban J connectivity index is 2.10. The molecule has 2 heterocycles. The minimum atomic E-state index is -0.745. The van der Waals surface area contributed by atoms with Gasteiger partial charge in [0.2, 0.25) is 11.8 Å². The third kappa shape index (κ3) is 4.25. The van der Waals surface area contributed by atoms with E-state index in [0.29, 0.717) is 23.5 Å². The van der Waals surface area contributed by atoms with Gasteiger partial charge >= 0.3 is 5.69 Å². The summed E-state index contributed by atoms with van der Waals surface area (Å²) < 4.78 is 11.9. The molecule has 1 amide bonds. The fourth-order valence-electron chi connectivity index (χ4n) is 3.73. The van der Waals surface area contributed by atoms with Crippen LogP contribution < -0.4 is 20.7 Å². The van der Waals surface area contributed by atoms with Crippen molar-refractivity contribution in [2.24, 2.45) is 5.10 Å². The average molecular weight is 444 g/mol. The van der Waals surface area contributed by atoms with Gasteiger partial charge in [-0.05, 0) is 18.6 Å². The van der Waals surface area contributed by atoms with Gasteiger partial charge < -0.3 is 14.6 Å². The molecule has 10 heteroatoms. The Kier molecular flexibility index (Phi) is 7.01. The van der Waals surface area contributed by atoms with Gasteiger partial charge in [0.1, 0.15) is 17.1 Å². The number of hydrogen-bond acceptors (Lipinski definition) is 7. The summed E-state index contributed by atoms with van der Waals surface area (Å²) in [5, 5.41) is 16.5. The molecule has 0 saturated carbocycles. The Morgan fingerprint density at radius 3 is 2.62 bits per heavy atom. The Hall–Kier alpha value is -3.56. The van der Waals surface area contributed by atoms with Crippen LogP contribution in [0.4, 0.5) is 0 Å². The minimum absolute atomic E-state index is 0.107. The van der Waals surface area contributed by atoms with Gasteiger partial charge in [0.15, 0.2) is 0 Å². The predicted molar refractivity (Wildman–Crippen MR) is 118 cm³/mol. The summed E-state index contributed by atoms with van der Waals surface area (Å²) in [6.07, 6.45) is 1.82. The van der Waals surface area contributed by atoms with E-state index in [4.69, 9.17) is 9.47 Å². The number of aromatic amines is 1. The SMILES string of the molecule is CCCCn1c(O)c(C2=NN(C(=O)CC)C(c3ccc(OC)cc3OC)C2)c(=O)[nH]c1=O. The normalized spacial score (nSPS) is 15.6. The standard InChI is InChI=1S/C22H28N4O6/c1-5-7-10-25-21(29)19(20(28)23-22(25)30)15-12-16(26(24-15)18(27)6-2)14-9-8-13(31-3)11-17(14)32-4/h8-9,11,16,29H,5-7,10,12H2,1-4H3,(H,23,28,30). The minimum Gasteiger partial charge on any atom is -0.497 e. The molecule has 2 N–H and O–H groups in total. The molecule has 0 saturated heterocycles. The molecule has 1 aromatic carbocycles. The van der Waals surface area contributed by atoms with Crippen LogP contribution in [0.15, 0.2) is 32.9 Å². The fourth-order valence-corrected chi connectivity index (χ4v) is 3.73. The molecular weight excluding hydrogens is 416 g/mol. The quantitative estimate of drug-likeness (QED) is 0.642. The molecule has 0 bridgehead atoms. The topological polar surface area (TPSA) is 126 Å². The number of hydrogen-bond donors (Lipinski definition) is 2. The van der Waals surface area contributed by atoms with Crippen LogP contribution in [-0.4, -0.2) is 45.5 Å². The van der Waals surface area contributed by atoms with Gasteiger partial charge in [0.05, 0.1) is 26.0 Å². The van der Waals surface area contributed by atoms with E-state index in [9.17, 15) is 19.5 Å². The molecule has 10 nitrogen and oxygen atoms in total. The van der Waals surface area contributed by atoms with Gasteiger partial charge in [-0.25, -0.2) is 9.80 Å². The summed E-state index contributed by atoms with van der Waals surface area (Å²) in [5.74, 6) is 0.399. The molecule has 1 unspecified atom stereocenters. The zero-order chi connectivity index (χ0) is 23.4. The Bertz CT molecular complexity index is 1150. The number of aromatic hydroxyl groups is 1. The molecule has 172 valence electrons. The number of benzene rings is 1. The largest absolute Gasteiger partial charge is 0.497 e. The summed E-state index contributed by atoms with van der Waals surface area (Å²) in [6, 6.07) is 4.69. The number of ether oxygens (including phenoxy) is 2. The lowest BCUT2D eigenvalue weighted by Crippen LogP contribution is -2.33. The van der Waals surface area contributed by atoms with E-state index in [0.717, 1.165) is 11.0 Å². The van der Waals surface area contributed by atoms with Crippen molar-refractivity contribution in [3.05, 3.63) is 50.2 Å². The maximum absolute atomic E-state index is 12.7. The van der Waals surface area contributed by atoms with Crippen molar-refractivity contribution in [1.82, 2.24) is 14.6 Å². The first-order chi connectivity index (χ1) is 15.4. The molecule has 0 aliphatic carbocycles. The van der Waals surface area contributed by atoms with Gasteiger partial charge in [-0.2, -0.15) is 5.10 Å². The van der Waals surface area contributed by atoms with Crippen molar-refractivity contribution in [2.45, 2.75) is 52.1 Å². The van der Waals surface area contributed by atoms with Crippen LogP contribution >= 0.6 is 0 Å². The molecule has 0 radical (unpaired) electrons. The number of H-pyrrole nitrogens is 1. The van der Waals surface area contributed by atoms with E-state index < -0.39 is 23.2 Å². The highest BCUT2D eigenvalue weighted by Gasteiger charge is 2.36. The summed E-state index contributed by atoms with van der Waals surface area (Å²) in [5.41, 5.74) is -0.629. The van der Waals surface area contributed by atoms with Crippen molar-refractivity contribution in [3.63, 3.8) is 0 Å². The van der Waals surface area contributed by atoms with Crippen LogP contribution in [0.1, 0.15) is 56.7 Å². The van der Waals surface area contributed by atoms with Crippen molar-refractivity contribution in [1.29, 1.82) is 0 Å². The number of unbranched alkanes of at least 4 members (excludes halogenated alkanes) is 1. The van der Waals surface area contributed by atoms with Crippen LogP contribution in [0.3, 0.4) is 0 Å². The fraction of sp³-hybridized carbons (Fsp3) is 0.455. The molecule has 1 aliphatic rings. The first-order valence-electron chi connectivity index (χ1n) is 10.5. The van der Waals surface area contributed by atoms with Crippen LogP contribution in [0.5, 0.6) is 17.4 Å². The monoisotopic (exact) mass is 444 g/mol. The second-order valence-electron chi connectivity index (χ2n) is 7.43. The molecule has 1 aromatic heterocycles. The van der Waals surface area contributed by atoms with E-state index in [2.05, 4.69) is 10.1 Å². The molecule has 1 atom stereocenters. The summed E-state index contributed by atoms with van der Waals surface area (Å²) in [6.45, 7) is 3.93. The Morgan fingerprint density at radius 2 is 2.00 bits per heavy atom. The molecule has 3 rings (SSSR count). The number of hydrazone groups is 1.